The number of likely N-dealkylation sites (tertiary alicyclic amines) is 2. The Labute approximate surface area is 166 Å². The third-order valence-electron chi connectivity index (χ3n) is 6.29. The van der Waals surface area contributed by atoms with Gasteiger partial charge in [-0.25, -0.2) is 0 Å². The number of carboxylic acids is 1. The van der Waals surface area contributed by atoms with Crippen LogP contribution in [0.3, 0.4) is 0 Å². The van der Waals surface area contributed by atoms with Gasteiger partial charge in [0.05, 0.1) is 12.0 Å². The maximum absolute atomic E-state index is 13.4. The molecule has 2 N–H and O–H groups in total. The lowest BCUT2D eigenvalue weighted by Gasteiger charge is -2.36. The molecule has 0 unspecified atom stereocenters. The first-order valence-electron chi connectivity index (χ1n) is 10.1. The zero-order valence-electron chi connectivity index (χ0n) is 16.9. The Kier molecular flexibility index (Phi) is 6.05. The number of hydrogen-bond donors (Lipinski definition) is 2. The van der Waals surface area contributed by atoms with Gasteiger partial charge in [-0.15, -0.1) is 0 Å². The summed E-state index contributed by atoms with van der Waals surface area (Å²) in [5.41, 5.74) is -0.211. The van der Waals surface area contributed by atoms with Gasteiger partial charge in [0.15, 0.2) is 0 Å². The molecule has 2 aliphatic heterocycles. The van der Waals surface area contributed by atoms with Gasteiger partial charge in [-0.3, -0.25) is 19.5 Å². The zero-order chi connectivity index (χ0) is 20.5. The molecule has 0 spiro atoms. The highest BCUT2D eigenvalue weighted by Crippen LogP contribution is 2.49. The van der Waals surface area contributed by atoms with Gasteiger partial charge in [0.1, 0.15) is 5.54 Å². The molecule has 0 aromatic carbocycles. The molecule has 3 heterocycles. The van der Waals surface area contributed by atoms with E-state index < -0.39 is 17.4 Å². The highest BCUT2D eigenvalue weighted by atomic mass is 16.4. The first kappa shape index (κ1) is 20.7. The van der Waals surface area contributed by atoms with Crippen molar-refractivity contribution < 1.29 is 19.8 Å². The first-order valence-corrected chi connectivity index (χ1v) is 10.1. The van der Waals surface area contributed by atoms with Crippen LogP contribution < -0.4 is 0 Å². The Morgan fingerprint density at radius 1 is 1.32 bits per heavy atom. The number of piperidine rings is 1. The SMILES string of the molecule is CC(C)C[C@@]1(C(=O)O)C[C@H](C(=O)N2CCC(O)CC2)[C@H](c2cccnc2)N1C. The second-order valence-electron chi connectivity index (χ2n) is 8.64. The maximum atomic E-state index is 13.4. The highest BCUT2D eigenvalue weighted by molar-refractivity contribution is 5.85. The second-order valence-corrected chi connectivity index (χ2v) is 8.64. The molecule has 28 heavy (non-hydrogen) atoms. The molecule has 7 heteroatoms. The standard InChI is InChI=1S/C21H31N3O4/c1-14(2)11-21(20(27)28)12-17(19(26)24-9-6-16(25)7-10-24)18(23(21)3)15-5-4-8-22-13-15/h4-5,8,13-14,16-18,25H,6-7,9-12H2,1-3H3,(H,27,28)/t17-,18-,21-/m0/s1. The van der Waals surface area contributed by atoms with Gasteiger partial charge in [-0.2, -0.15) is 0 Å². The summed E-state index contributed by atoms with van der Waals surface area (Å²) in [4.78, 5) is 33.7. The average Bonchev–Trinajstić information content (AvgIpc) is 2.95. The lowest BCUT2D eigenvalue weighted by molar-refractivity contribution is -0.151. The molecule has 2 saturated heterocycles. The van der Waals surface area contributed by atoms with E-state index >= 15 is 0 Å². The molecule has 0 saturated carbocycles. The molecule has 3 rings (SSSR count). The van der Waals surface area contributed by atoms with Gasteiger partial charge in [-0.1, -0.05) is 19.9 Å². The third-order valence-corrected chi connectivity index (χ3v) is 6.29. The predicted octanol–water partition coefficient (Wildman–Crippen LogP) is 1.93. The van der Waals surface area contributed by atoms with Crippen molar-refractivity contribution in [3.63, 3.8) is 0 Å². The van der Waals surface area contributed by atoms with E-state index in [4.69, 9.17) is 0 Å². The van der Waals surface area contributed by atoms with Crippen molar-refractivity contribution in [2.45, 2.75) is 57.2 Å². The van der Waals surface area contributed by atoms with Crippen molar-refractivity contribution in [2.75, 3.05) is 20.1 Å². The number of likely N-dealkylation sites (N-methyl/N-ethyl adjacent to an activating group) is 1. The molecular weight excluding hydrogens is 358 g/mol. The van der Waals surface area contributed by atoms with E-state index in [1.807, 2.05) is 37.9 Å². The summed E-state index contributed by atoms with van der Waals surface area (Å²) in [6.07, 6.45) is 4.97. The number of aliphatic carboxylic acids is 1. The first-order chi connectivity index (χ1) is 13.3. The Morgan fingerprint density at radius 3 is 2.54 bits per heavy atom. The maximum Gasteiger partial charge on any atom is 0.324 e. The van der Waals surface area contributed by atoms with E-state index in [0.29, 0.717) is 32.4 Å². The van der Waals surface area contributed by atoms with E-state index in [-0.39, 0.29) is 30.4 Å². The summed E-state index contributed by atoms with van der Waals surface area (Å²) in [6, 6.07) is 3.41. The number of aromatic nitrogens is 1. The molecule has 0 radical (unpaired) electrons. The number of carbonyl (C=O) groups excluding carboxylic acids is 1. The molecule has 2 aliphatic rings. The number of carbonyl (C=O) groups is 2. The summed E-state index contributed by atoms with van der Waals surface area (Å²) < 4.78 is 0. The van der Waals surface area contributed by atoms with Crippen LogP contribution in [0.2, 0.25) is 0 Å². The predicted molar refractivity (Wildman–Crippen MR) is 104 cm³/mol. The van der Waals surface area contributed by atoms with Crippen LogP contribution in [0.4, 0.5) is 0 Å². The molecule has 3 atom stereocenters. The lowest BCUT2D eigenvalue weighted by atomic mass is 9.83. The Bertz CT molecular complexity index is 703. The third kappa shape index (κ3) is 3.78. The number of aliphatic hydroxyl groups excluding tert-OH is 1. The van der Waals surface area contributed by atoms with E-state index in [2.05, 4.69) is 4.98 Å². The van der Waals surface area contributed by atoms with Crippen molar-refractivity contribution >= 4 is 11.9 Å². The minimum atomic E-state index is -1.08. The Hall–Kier alpha value is -1.99. The molecule has 0 aliphatic carbocycles. The van der Waals surface area contributed by atoms with Gasteiger partial charge in [0.2, 0.25) is 5.91 Å². The van der Waals surface area contributed by atoms with Crippen molar-refractivity contribution in [2.24, 2.45) is 11.8 Å². The second kappa shape index (κ2) is 8.17. The fourth-order valence-electron chi connectivity index (χ4n) is 4.93. The zero-order valence-corrected chi connectivity index (χ0v) is 16.9. The molecule has 1 aromatic rings. The van der Waals surface area contributed by atoms with Crippen LogP contribution in [-0.4, -0.2) is 68.7 Å². The summed E-state index contributed by atoms with van der Waals surface area (Å²) in [7, 11) is 1.82. The van der Waals surface area contributed by atoms with Crippen LogP contribution in [0.25, 0.3) is 0 Å². The largest absolute Gasteiger partial charge is 0.480 e. The molecule has 0 bridgehead atoms. The number of amides is 1. The van der Waals surface area contributed by atoms with Gasteiger partial charge in [-0.05, 0) is 50.3 Å². The summed E-state index contributed by atoms with van der Waals surface area (Å²) >= 11 is 0. The van der Waals surface area contributed by atoms with Crippen LogP contribution in [0, 0.1) is 11.8 Å². The minimum Gasteiger partial charge on any atom is -0.480 e. The normalized spacial score (nSPS) is 29.4. The summed E-state index contributed by atoms with van der Waals surface area (Å²) in [6.45, 7) is 5.06. The molecule has 154 valence electrons. The van der Waals surface area contributed by atoms with Crippen molar-refractivity contribution in [3.8, 4) is 0 Å². The van der Waals surface area contributed by atoms with Crippen LogP contribution in [0.1, 0.15) is 51.1 Å². The number of hydrogen-bond acceptors (Lipinski definition) is 5. The molecule has 7 nitrogen and oxygen atoms in total. The van der Waals surface area contributed by atoms with Crippen molar-refractivity contribution in [3.05, 3.63) is 30.1 Å². The van der Waals surface area contributed by atoms with Gasteiger partial charge in [0, 0.05) is 31.5 Å². The van der Waals surface area contributed by atoms with Gasteiger partial charge < -0.3 is 15.1 Å². The topological polar surface area (TPSA) is 94.0 Å². The minimum absolute atomic E-state index is 0.0144. The van der Waals surface area contributed by atoms with Gasteiger partial charge in [0.25, 0.3) is 0 Å². The van der Waals surface area contributed by atoms with Crippen LogP contribution in [-0.2, 0) is 9.59 Å². The number of carboxylic acid groups (broad SMARTS) is 1. The Morgan fingerprint density at radius 2 is 2.00 bits per heavy atom. The van der Waals surface area contributed by atoms with Gasteiger partial charge >= 0.3 is 5.97 Å². The lowest BCUT2D eigenvalue weighted by Crippen LogP contribution is -2.50. The van der Waals surface area contributed by atoms with E-state index in [1.54, 1.807) is 17.3 Å². The van der Waals surface area contributed by atoms with E-state index in [0.717, 1.165) is 5.56 Å². The van der Waals surface area contributed by atoms with E-state index in [9.17, 15) is 19.8 Å². The number of aliphatic hydroxyl groups is 1. The van der Waals surface area contributed by atoms with Crippen molar-refractivity contribution in [1.82, 2.24) is 14.8 Å². The molecule has 1 amide bonds. The number of nitrogens with zero attached hydrogens (tertiary/aromatic N) is 3. The van der Waals surface area contributed by atoms with E-state index in [1.165, 1.54) is 0 Å². The quantitative estimate of drug-likeness (QED) is 0.799. The molecular formula is C21H31N3O4. The monoisotopic (exact) mass is 389 g/mol. The summed E-state index contributed by atoms with van der Waals surface area (Å²) in [5, 5.41) is 19.9. The van der Waals surface area contributed by atoms with Crippen molar-refractivity contribution in [1.29, 1.82) is 0 Å². The average molecular weight is 389 g/mol. The van der Waals surface area contributed by atoms with Crippen LogP contribution in [0.15, 0.2) is 24.5 Å². The summed E-state index contributed by atoms with van der Waals surface area (Å²) in [5.74, 6) is -1.15. The smallest absolute Gasteiger partial charge is 0.324 e. The van der Waals surface area contributed by atoms with Crippen LogP contribution in [0.5, 0.6) is 0 Å². The number of pyridine rings is 1. The highest BCUT2D eigenvalue weighted by Gasteiger charge is 2.57. The Balaban J connectivity index is 1.97. The van der Waals surface area contributed by atoms with Crippen LogP contribution >= 0.6 is 0 Å². The fourth-order valence-corrected chi connectivity index (χ4v) is 4.93. The molecule has 1 aromatic heterocycles. The number of rotatable bonds is 5. The fraction of sp³-hybridized carbons (Fsp3) is 0.667. The molecule has 2 fully saturated rings.